The third-order valence-corrected chi connectivity index (χ3v) is 4.51. The number of nitrogens with two attached hydrogens (primary N) is 1. The van der Waals surface area contributed by atoms with Gasteiger partial charge in [0.2, 0.25) is 0 Å². The standard InChI is InChI=1S/C15H17N3O2S/c1-9-6-12(16)4-5-14(9)21-8-13-11(3)15(18(19)20)10(2)7-17-13/h4-7H,8,16H2,1-3H3. The Kier molecular flexibility index (Phi) is 4.47. The van der Waals surface area contributed by atoms with Gasteiger partial charge in [0.05, 0.1) is 10.6 Å². The summed E-state index contributed by atoms with van der Waals surface area (Å²) in [6.07, 6.45) is 1.57. The number of rotatable bonds is 4. The maximum absolute atomic E-state index is 11.1. The van der Waals surface area contributed by atoms with Crippen LogP contribution in [0.3, 0.4) is 0 Å². The first-order chi connectivity index (χ1) is 9.90. The van der Waals surface area contributed by atoms with Crippen LogP contribution in [0.1, 0.15) is 22.4 Å². The van der Waals surface area contributed by atoms with Gasteiger partial charge in [-0.3, -0.25) is 15.1 Å². The van der Waals surface area contributed by atoms with Gasteiger partial charge >= 0.3 is 0 Å². The van der Waals surface area contributed by atoms with Crippen LogP contribution in [0.15, 0.2) is 29.3 Å². The zero-order valence-electron chi connectivity index (χ0n) is 12.2. The van der Waals surface area contributed by atoms with Crippen LogP contribution < -0.4 is 5.73 Å². The average Bonchev–Trinajstić information content (AvgIpc) is 2.39. The number of anilines is 1. The molecule has 0 radical (unpaired) electrons. The zero-order chi connectivity index (χ0) is 15.6. The van der Waals surface area contributed by atoms with Gasteiger partial charge in [-0.15, -0.1) is 11.8 Å². The fraction of sp³-hybridized carbons (Fsp3) is 0.267. The van der Waals surface area contributed by atoms with E-state index in [0.717, 1.165) is 21.8 Å². The van der Waals surface area contributed by atoms with Crippen molar-refractivity contribution in [3.8, 4) is 0 Å². The fourth-order valence-electron chi connectivity index (χ4n) is 2.17. The predicted octanol–water partition coefficient (Wildman–Crippen LogP) is 3.79. The molecule has 1 heterocycles. The molecule has 2 N–H and O–H groups in total. The van der Waals surface area contributed by atoms with Gasteiger partial charge in [0.25, 0.3) is 5.69 Å². The van der Waals surface area contributed by atoms with Crippen molar-refractivity contribution in [2.75, 3.05) is 5.73 Å². The summed E-state index contributed by atoms with van der Waals surface area (Å²) in [6.45, 7) is 5.46. The van der Waals surface area contributed by atoms with Crippen LogP contribution in [-0.4, -0.2) is 9.91 Å². The monoisotopic (exact) mass is 303 g/mol. The van der Waals surface area contributed by atoms with Gasteiger partial charge < -0.3 is 5.73 Å². The summed E-state index contributed by atoms with van der Waals surface area (Å²) in [5, 5.41) is 11.1. The average molecular weight is 303 g/mol. The summed E-state index contributed by atoms with van der Waals surface area (Å²) in [5.74, 6) is 0.595. The van der Waals surface area contributed by atoms with Gasteiger partial charge in [-0.05, 0) is 44.5 Å². The molecule has 0 fully saturated rings. The second kappa shape index (κ2) is 6.13. The minimum atomic E-state index is -0.338. The number of pyridine rings is 1. The molecule has 0 aliphatic heterocycles. The summed E-state index contributed by atoms with van der Waals surface area (Å²) in [6, 6.07) is 5.74. The van der Waals surface area contributed by atoms with E-state index in [0.29, 0.717) is 16.9 Å². The van der Waals surface area contributed by atoms with E-state index in [9.17, 15) is 10.1 Å². The number of nitro groups is 1. The molecule has 2 aromatic rings. The molecule has 2 rings (SSSR count). The molecule has 21 heavy (non-hydrogen) atoms. The quantitative estimate of drug-likeness (QED) is 0.402. The summed E-state index contributed by atoms with van der Waals surface area (Å²) >= 11 is 1.61. The third kappa shape index (κ3) is 3.33. The second-order valence-electron chi connectivity index (χ2n) is 4.93. The van der Waals surface area contributed by atoms with Crippen LogP contribution in [0.2, 0.25) is 0 Å². The van der Waals surface area contributed by atoms with E-state index < -0.39 is 0 Å². The molecule has 0 aliphatic rings. The molecule has 110 valence electrons. The molecule has 0 atom stereocenters. The smallest absolute Gasteiger partial charge is 0.278 e. The molecule has 6 heteroatoms. The van der Waals surface area contributed by atoms with E-state index in [2.05, 4.69) is 4.98 Å². The lowest BCUT2D eigenvalue weighted by Crippen LogP contribution is -2.01. The van der Waals surface area contributed by atoms with Crippen molar-refractivity contribution in [2.45, 2.75) is 31.4 Å². The van der Waals surface area contributed by atoms with E-state index in [4.69, 9.17) is 5.73 Å². The molecule has 0 bridgehead atoms. The van der Waals surface area contributed by atoms with Crippen LogP contribution in [0.4, 0.5) is 11.4 Å². The summed E-state index contributed by atoms with van der Waals surface area (Å²) in [4.78, 5) is 16.2. The van der Waals surface area contributed by atoms with Crippen LogP contribution in [0.25, 0.3) is 0 Å². The van der Waals surface area contributed by atoms with Crippen molar-refractivity contribution in [1.29, 1.82) is 0 Å². The molecule has 5 nitrogen and oxygen atoms in total. The number of aromatic nitrogens is 1. The number of aryl methyl sites for hydroxylation is 2. The summed E-state index contributed by atoms with van der Waals surface area (Å²) in [5.41, 5.74) is 9.70. The Balaban J connectivity index is 2.24. The zero-order valence-corrected chi connectivity index (χ0v) is 13.0. The van der Waals surface area contributed by atoms with Crippen LogP contribution in [-0.2, 0) is 5.75 Å². The Hall–Kier alpha value is -2.08. The lowest BCUT2D eigenvalue weighted by Gasteiger charge is -2.09. The van der Waals surface area contributed by atoms with Gasteiger partial charge in [-0.1, -0.05) is 0 Å². The van der Waals surface area contributed by atoms with Crippen molar-refractivity contribution < 1.29 is 4.92 Å². The van der Waals surface area contributed by atoms with Crippen LogP contribution >= 0.6 is 11.8 Å². The van der Waals surface area contributed by atoms with Crippen LogP contribution in [0.5, 0.6) is 0 Å². The lowest BCUT2D eigenvalue weighted by atomic mass is 10.1. The van der Waals surface area contributed by atoms with Gasteiger partial charge in [-0.2, -0.15) is 0 Å². The molecule has 0 aliphatic carbocycles. The maximum atomic E-state index is 11.1. The van der Waals surface area contributed by atoms with Crippen molar-refractivity contribution in [3.05, 3.63) is 56.9 Å². The van der Waals surface area contributed by atoms with E-state index in [1.807, 2.05) is 25.1 Å². The Morgan fingerprint density at radius 3 is 2.62 bits per heavy atom. The molecule has 0 spiro atoms. The minimum absolute atomic E-state index is 0.162. The fourth-order valence-corrected chi connectivity index (χ4v) is 3.21. The van der Waals surface area contributed by atoms with E-state index in [1.165, 1.54) is 0 Å². The molecular weight excluding hydrogens is 286 g/mol. The number of nitrogens with zero attached hydrogens (tertiary/aromatic N) is 2. The van der Waals surface area contributed by atoms with Gasteiger partial charge in [0.1, 0.15) is 0 Å². The SMILES string of the molecule is Cc1cc(N)ccc1SCc1ncc(C)c([N+](=O)[O-])c1C. The first kappa shape index (κ1) is 15.3. The van der Waals surface area contributed by atoms with Gasteiger partial charge in [0.15, 0.2) is 0 Å². The van der Waals surface area contributed by atoms with Crippen LogP contribution in [0, 0.1) is 30.9 Å². The van der Waals surface area contributed by atoms with Crippen molar-refractivity contribution in [3.63, 3.8) is 0 Å². The Morgan fingerprint density at radius 2 is 2.00 bits per heavy atom. The Bertz CT molecular complexity index is 702. The molecule has 0 amide bonds. The Morgan fingerprint density at radius 1 is 1.29 bits per heavy atom. The highest BCUT2D eigenvalue weighted by Gasteiger charge is 2.18. The molecule has 0 saturated carbocycles. The first-order valence-electron chi connectivity index (χ1n) is 6.48. The number of hydrogen-bond donors (Lipinski definition) is 1. The highest BCUT2D eigenvalue weighted by molar-refractivity contribution is 7.98. The summed E-state index contributed by atoms with van der Waals surface area (Å²) < 4.78 is 0. The van der Waals surface area contributed by atoms with Crippen molar-refractivity contribution >= 4 is 23.1 Å². The molecule has 1 aromatic carbocycles. The summed E-state index contributed by atoms with van der Waals surface area (Å²) in [7, 11) is 0. The third-order valence-electron chi connectivity index (χ3n) is 3.32. The number of nitrogen functional groups attached to an aromatic ring is 1. The predicted molar refractivity (Wildman–Crippen MR) is 85.5 cm³/mol. The number of hydrogen-bond acceptors (Lipinski definition) is 5. The van der Waals surface area contributed by atoms with E-state index in [-0.39, 0.29) is 10.6 Å². The topological polar surface area (TPSA) is 82.0 Å². The molecule has 0 unspecified atom stereocenters. The van der Waals surface area contributed by atoms with E-state index in [1.54, 1.807) is 31.8 Å². The molecule has 0 saturated heterocycles. The van der Waals surface area contributed by atoms with Crippen molar-refractivity contribution in [1.82, 2.24) is 4.98 Å². The van der Waals surface area contributed by atoms with Gasteiger partial charge in [-0.25, -0.2) is 0 Å². The highest BCUT2D eigenvalue weighted by atomic mass is 32.2. The molecular formula is C15H17N3O2S. The maximum Gasteiger partial charge on any atom is 0.278 e. The van der Waals surface area contributed by atoms with Crippen molar-refractivity contribution in [2.24, 2.45) is 0 Å². The largest absolute Gasteiger partial charge is 0.399 e. The number of thioether (sulfide) groups is 1. The molecule has 1 aromatic heterocycles. The second-order valence-corrected chi connectivity index (χ2v) is 5.95. The first-order valence-corrected chi connectivity index (χ1v) is 7.47. The van der Waals surface area contributed by atoms with Gasteiger partial charge in [0, 0.05) is 33.7 Å². The Labute approximate surface area is 127 Å². The minimum Gasteiger partial charge on any atom is -0.399 e. The normalized spacial score (nSPS) is 10.6. The number of benzene rings is 1. The highest BCUT2D eigenvalue weighted by Crippen LogP contribution is 2.31. The lowest BCUT2D eigenvalue weighted by molar-refractivity contribution is -0.386. The van der Waals surface area contributed by atoms with E-state index >= 15 is 0 Å².